The van der Waals surface area contributed by atoms with Crippen LogP contribution in [0.3, 0.4) is 0 Å². The minimum absolute atomic E-state index is 0.0260. The quantitative estimate of drug-likeness (QED) is 0.308. The number of carbonyl (C=O) groups excluding carboxylic acids is 2. The van der Waals surface area contributed by atoms with Gasteiger partial charge in [0, 0.05) is 35.4 Å². The van der Waals surface area contributed by atoms with Crippen LogP contribution < -0.4 is 10.9 Å². The highest BCUT2D eigenvalue weighted by Crippen LogP contribution is 2.46. The number of cyclic esters (lactones) is 1. The van der Waals surface area contributed by atoms with Gasteiger partial charge in [-0.3, -0.25) is 9.59 Å². The lowest BCUT2D eigenvalue weighted by atomic mass is 9.79. The van der Waals surface area contributed by atoms with Gasteiger partial charge >= 0.3 is 5.97 Å². The Labute approximate surface area is 243 Å². The zero-order chi connectivity index (χ0) is 30.6. The molecule has 4 aliphatic rings. The third-order valence-corrected chi connectivity index (χ3v) is 9.91. The van der Waals surface area contributed by atoms with Crippen molar-refractivity contribution in [3.05, 3.63) is 61.7 Å². The first-order chi connectivity index (χ1) is 20.3. The number of hydrogen-bond acceptors (Lipinski definition) is 7. The van der Waals surface area contributed by atoms with E-state index in [0.29, 0.717) is 51.8 Å². The van der Waals surface area contributed by atoms with Gasteiger partial charge in [0.2, 0.25) is 5.92 Å². The van der Waals surface area contributed by atoms with Gasteiger partial charge in [0.15, 0.2) is 5.60 Å². The second-order valence-corrected chi connectivity index (χ2v) is 12.3. The fraction of sp³-hybridized carbons (Fsp3) is 0.484. The lowest BCUT2D eigenvalue weighted by molar-refractivity contribution is -0.172. The van der Waals surface area contributed by atoms with Crippen molar-refractivity contribution in [3.63, 3.8) is 0 Å². The molecule has 2 aliphatic carbocycles. The molecule has 226 valence electrons. The topological polar surface area (TPSA) is 131 Å². The van der Waals surface area contributed by atoms with Gasteiger partial charge in [-0.2, -0.15) is 0 Å². The molecule has 1 amide bonds. The van der Waals surface area contributed by atoms with E-state index >= 15 is 4.39 Å². The van der Waals surface area contributed by atoms with E-state index in [-0.39, 0.29) is 43.5 Å². The number of aromatic nitrogens is 2. The summed E-state index contributed by atoms with van der Waals surface area (Å²) < 4.78 is 49.4. The molecule has 2 aliphatic heterocycles. The normalized spacial score (nSPS) is 24.6. The second kappa shape index (κ2) is 9.12. The number of esters is 1. The smallest absolute Gasteiger partial charge is 0.343 e. The summed E-state index contributed by atoms with van der Waals surface area (Å²) in [5, 5.41) is 25.8. The standard InChI is InChI=1S/C31H30F3N3O6/c1-3-31(42)18-10-22-25-16(12-37(22)26(38)17(18)13-43-28(31)40)24-20(36-27(39)29(41)6-8-30(33,34)9-7-29)5-4-15-14(2)19(32)11-21(35-25)23(15)24/h10-11,20,41-42H,3-9,12-13H2,1-2H3,(H,36,39)/t20-,31-/m0/s1. The summed E-state index contributed by atoms with van der Waals surface area (Å²) in [6.07, 6.45) is -1.23. The number of aryl methyl sites for hydroxylation is 1. The number of benzene rings is 1. The summed E-state index contributed by atoms with van der Waals surface area (Å²) >= 11 is 0. The lowest BCUT2D eigenvalue weighted by Crippen LogP contribution is -2.51. The van der Waals surface area contributed by atoms with Crippen molar-refractivity contribution in [1.82, 2.24) is 14.9 Å². The van der Waals surface area contributed by atoms with Crippen LogP contribution in [0.1, 0.15) is 84.9 Å². The number of rotatable bonds is 3. The van der Waals surface area contributed by atoms with E-state index in [0.717, 1.165) is 5.56 Å². The molecule has 9 nitrogen and oxygen atoms in total. The van der Waals surface area contributed by atoms with Crippen molar-refractivity contribution in [1.29, 1.82) is 0 Å². The van der Waals surface area contributed by atoms with Gasteiger partial charge in [-0.25, -0.2) is 22.9 Å². The van der Waals surface area contributed by atoms with Gasteiger partial charge in [-0.15, -0.1) is 0 Å². The van der Waals surface area contributed by atoms with Crippen LogP contribution in [-0.2, 0) is 39.5 Å². The largest absolute Gasteiger partial charge is 0.458 e. The van der Waals surface area contributed by atoms with E-state index in [2.05, 4.69) is 5.32 Å². The molecule has 0 saturated heterocycles. The van der Waals surface area contributed by atoms with Crippen molar-refractivity contribution in [2.45, 2.75) is 95.1 Å². The number of aliphatic hydroxyl groups is 2. The second-order valence-electron chi connectivity index (χ2n) is 12.3. The minimum Gasteiger partial charge on any atom is -0.458 e. The molecule has 1 aromatic carbocycles. The summed E-state index contributed by atoms with van der Waals surface area (Å²) in [5.41, 5.74) is -0.727. The van der Waals surface area contributed by atoms with Crippen molar-refractivity contribution >= 4 is 22.8 Å². The van der Waals surface area contributed by atoms with E-state index in [1.807, 2.05) is 0 Å². The van der Waals surface area contributed by atoms with Crippen molar-refractivity contribution in [2.24, 2.45) is 0 Å². The molecule has 7 rings (SSSR count). The number of halogens is 3. The summed E-state index contributed by atoms with van der Waals surface area (Å²) in [4.78, 5) is 44.5. The van der Waals surface area contributed by atoms with Crippen molar-refractivity contribution < 1.29 is 37.7 Å². The van der Waals surface area contributed by atoms with Gasteiger partial charge < -0.3 is 24.8 Å². The summed E-state index contributed by atoms with van der Waals surface area (Å²) in [5.74, 6) is -4.99. The minimum atomic E-state index is -2.94. The van der Waals surface area contributed by atoms with E-state index in [1.165, 1.54) is 10.6 Å². The first-order valence-electron chi connectivity index (χ1n) is 14.5. The Kier molecular flexibility index (Phi) is 5.94. The molecule has 4 heterocycles. The number of fused-ring (bicyclic) bond motifs is 5. The Morgan fingerprint density at radius 3 is 2.56 bits per heavy atom. The lowest BCUT2D eigenvalue weighted by Gasteiger charge is -2.37. The fourth-order valence-corrected chi connectivity index (χ4v) is 7.25. The summed E-state index contributed by atoms with van der Waals surface area (Å²) in [6.45, 7) is 3.04. The van der Waals surface area contributed by atoms with Crippen molar-refractivity contribution in [3.8, 4) is 11.4 Å². The molecule has 0 bridgehead atoms. The molecule has 3 N–H and O–H groups in total. The van der Waals surface area contributed by atoms with Crippen LogP contribution in [0.25, 0.3) is 22.3 Å². The molecule has 0 spiro atoms. The highest BCUT2D eigenvalue weighted by Gasteiger charge is 2.48. The number of ether oxygens (including phenoxy) is 1. The highest BCUT2D eigenvalue weighted by molar-refractivity contribution is 5.94. The maximum absolute atomic E-state index is 15.1. The third kappa shape index (κ3) is 3.91. The molecular formula is C31H30F3N3O6. The Hall–Kier alpha value is -3.77. The van der Waals surface area contributed by atoms with Gasteiger partial charge in [0.25, 0.3) is 11.5 Å². The van der Waals surface area contributed by atoms with Crippen LogP contribution in [0.15, 0.2) is 16.9 Å². The highest BCUT2D eigenvalue weighted by atomic mass is 19.3. The third-order valence-electron chi connectivity index (χ3n) is 9.91. The first kappa shape index (κ1) is 28.0. The molecule has 3 aromatic rings. The van der Waals surface area contributed by atoms with Crippen LogP contribution in [0.5, 0.6) is 0 Å². The Morgan fingerprint density at radius 1 is 1.14 bits per heavy atom. The monoisotopic (exact) mass is 597 g/mol. The summed E-state index contributed by atoms with van der Waals surface area (Å²) in [6, 6.07) is 2.19. The van der Waals surface area contributed by atoms with Gasteiger partial charge in [0.05, 0.1) is 35.1 Å². The molecule has 0 unspecified atom stereocenters. The number of alkyl halides is 2. The van der Waals surface area contributed by atoms with Crippen LogP contribution in [0.4, 0.5) is 13.2 Å². The molecule has 2 aromatic heterocycles. The van der Waals surface area contributed by atoms with Gasteiger partial charge in [-0.05, 0) is 61.8 Å². The number of carbonyl (C=O) groups is 2. The first-order valence-corrected chi connectivity index (χ1v) is 14.5. The van der Waals surface area contributed by atoms with E-state index in [9.17, 15) is 33.4 Å². The number of amides is 1. The predicted molar refractivity (Wildman–Crippen MR) is 147 cm³/mol. The summed E-state index contributed by atoms with van der Waals surface area (Å²) in [7, 11) is 0. The average Bonchev–Trinajstić information content (AvgIpc) is 3.34. The van der Waals surface area contributed by atoms with Crippen LogP contribution >= 0.6 is 0 Å². The number of pyridine rings is 2. The Balaban J connectivity index is 1.40. The SMILES string of the molecule is CC[C@@]1(O)C(=O)OCc2c1cc1n(c2=O)Cc2c-1nc1cc(F)c(C)c3c1c2[C@@H](NC(=O)C1(O)CCC(F)(F)CC1)CC3. The molecule has 1 fully saturated rings. The van der Waals surface area contributed by atoms with Gasteiger partial charge in [0.1, 0.15) is 18.0 Å². The van der Waals surface area contributed by atoms with E-state index < -0.39 is 59.3 Å². The zero-order valence-corrected chi connectivity index (χ0v) is 23.7. The van der Waals surface area contributed by atoms with Crippen LogP contribution in [0.2, 0.25) is 0 Å². The number of hydrogen-bond donors (Lipinski definition) is 3. The zero-order valence-electron chi connectivity index (χ0n) is 23.7. The predicted octanol–water partition coefficient (Wildman–Crippen LogP) is 3.57. The average molecular weight is 598 g/mol. The molecule has 1 saturated carbocycles. The molecular weight excluding hydrogens is 567 g/mol. The Morgan fingerprint density at radius 2 is 1.86 bits per heavy atom. The molecule has 43 heavy (non-hydrogen) atoms. The van der Waals surface area contributed by atoms with Crippen LogP contribution in [-0.4, -0.2) is 43.2 Å². The van der Waals surface area contributed by atoms with E-state index in [1.54, 1.807) is 19.9 Å². The fourth-order valence-electron chi connectivity index (χ4n) is 7.25. The molecule has 2 atom stereocenters. The number of nitrogens with zero attached hydrogens (tertiary/aromatic N) is 2. The van der Waals surface area contributed by atoms with Crippen molar-refractivity contribution in [2.75, 3.05) is 0 Å². The van der Waals surface area contributed by atoms with E-state index in [4.69, 9.17) is 9.72 Å². The van der Waals surface area contributed by atoms with Gasteiger partial charge in [-0.1, -0.05) is 6.92 Å². The molecule has 0 radical (unpaired) electrons. The molecule has 12 heteroatoms. The number of nitrogens with one attached hydrogen (secondary N) is 1. The maximum atomic E-state index is 15.1. The maximum Gasteiger partial charge on any atom is 0.343 e. The van der Waals surface area contributed by atoms with Crippen LogP contribution in [0, 0.1) is 12.7 Å². The Bertz CT molecular complexity index is 1830.